The molecule has 2 rings (SSSR count). The van der Waals surface area contributed by atoms with Crippen molar-refractivity contribution in [3.63, 3.8) is 0 Å². The molecule has 0 aromatic rings. The fourth-order valence-electron chi connectivity index (χ4n) is 2.95. The van der Waals surface area contributed by atoms with Gasteiger partial charge in [0.25, 0.3) is 0 Å². The molecule has 1 N–H and O–H groups in total. The predicted molar refractivity (Wildman–Crippen MR) is 78.0 cm³/mol. The third-order valence-corrected chi connectivity index (χ3v) is 5.13. The van der Waals surface area contributed by atoms with Crippen LogP contribution in [0.15, 0.2) is 0 Å². The lowest BCUT2D eigenvalue weighted by Crippen LogP contribution is -2.68. The summed E-state index contributed by atoms with van der Waals surface area (Å²) in [4.78, 5) is 27.0. The van der Waals surface area contributed by atoms with E-state index in [1.54, 1.807) is 0 Å². The molecule has 2 aliphatic rings. The molecule has 2 aliphatic heterocycles. The van der Waals surface area contributed by atoms with Crippen molar-refractivity contribution in [1.29, 1.82) is 0 Å². The van der Waals surface area contributed by atoms with E-state index in [9.17, 15) is 9.59 Å². The van der Waals surface area contributed by atoms with Crippen molar-refractivity contribution in [2.45, 2.75) is 52.2 Å². The lowest BCUT2D eigenvalue weighted by Gasteiger charge is -2.44. The molecule has 0 spiro atoms. The van der Waals surface area contributed by atoms with Crippen LogP contribution in [0.4, 0.5) is 0 Å². The Balaban J connectivity index is 2.29. The first-order valence-corrected chi connectivity index (χ1v) is 8.29. The monoisotopic (exact) mass is 284 g/mol. The van der Waals surface area contributed by atoms with Gasteiger partial charge in [0, 0.05) is 11.8 Å². The molecule has 0 radical (unpaired) electrons. The van der Waals surface area contributed by atoms with E-state index in [4.69, 9.17) is 0 Å². The molecular weight excluding hydrogens is 260 g/mol. The van der Waals surface area contributed by atoms with E-state index in [0.29, 0.717) is 0 Å². The number of rotatable bonds is 3. The second kappa shape index (κ2) is 5.73. The molecule has 0 saturated carbocycles. The molecule has 2 saturated heterocycles. The van der Waals surface area contributed by atoms with Gasteiger partial charge in [0.1, 0.15) is 12.1 Å². The summed E-state index contributed by atoms with van der Waals surface area (Å²) in [5.41, 5.74) is 0. The highest BCUT2D eigenvalue weighted by atomic mass is 32.2. The Hall–Kier alpha value is -0.710. The van der Waals surface area contributed by atoms with E-state index in [-0.39, 0.29) is 41.8 Å². The summed E-state index contributed by atoms with van der Waals surface area (Å²) >= 11 is 1.88. The van der Waals surface area contributed by atoms with Crippen LogP contribution in [0.5, 0.6) is 0 Å². The maximum atomic E-state index is 12.7. The Morgan fingerprint density at radius 3 is 2.37 bits per heavy atom. The van der Waals surface area contributed by atoms with E-state index in [1.165, 1.54) is 0 Å². The number of nitrogens with one attached hydrogen (secondary N) is 1. The zero-order chi connectivity index (χ0) is 14.2. The molecule has 0 aromatic heterocycles. The van der Waals surface area contributed by atoms with E-state index >= 15 is 0 Å². The summed E-state index contributed by atoms with van der Waals surface area (Å²) in [6.45, 7) is 8.00. The van der Waals surface area contributed by atoms with Gasteiger partial charge in [-0.25, -0.2) is 0 Å². The highest BCUT2D eigenvalue weighted by molar-refractivity contribution is 7.99. The summed E-state index contributed by atoms with van der Waals surface area (Å²) in [5.74, 6) is 2.48. The van der Waals surface area contributed by atoms with Gasteiger partial charge >= 0.3 is 0 Å². The molecule has 2 heterocycles. The Labute approximate surface area is 119 Å². The lowest BCUT2D eigenvalue weighted by molar-refractivity contribution is -0.154. The van der Waals surface area contributed by atoms with Gasteiger partial charge in [-0.15, -0.1) is 0 Å². The average Bonchev–Trinajstić information content (AvgIpc) is 2.83. The highest BCUT2D eigenvalue weighted by Crippen LogP contribution is 2.29. The summed E-state index contributed by atoms with van der Waals surface area (Å²) in [6.07, 6.45) is 1.01. The lowest BCUT2D eigenvalue weighted by atomic mass is 9.91. The molecule has 0 bridgehead atoms. The van der Waals surface area contributed by atoms with E-state index in [2.05, 4.69) is 5.32 Å². The number of carbonyl (C=O) groups excluding carboxylic acids is 2. The summed E-state index contributed by atoms with van der Waals surface area (Å²) in [5, 5.41) is 2.91. The van der Waals surface area contributed by atoms with E-state index in [1.807, 2.05) is 44.4 Å². The maximum Gasteiger partial charge on any atom is 0.246 e. The topological polar surface area (TPSA) is 49.4 Å². The summed E-state index contributed by atoms with van der Waals surface area (Å²) < 4.78 is 0. The Morgan fingerprint density at radius 1 is 1.21 bits per heavy atom. The molecule has 108 valence electrons. The fraction of sp³-hybridized carbons (Fsp3) is 0.857. The quantitative estimate of drug-likeness (QED) is 0.854. The molecule has 2 fully saturated rings. The second-order valence-corrected chi connectivity index (χ2v) is 7.33. The van der Waals surface area contributed by atoms with Gasteiger partial charge in [-0.05, 0) is 24.0 Å². The van der Waals surface area contributed by atoms with Crippen molar-refractivity contribution in [2.24, 2.45) is 11.8 Å². The van der Waals surface area contributed by atoms with Crippen LogP contribution in [0, 0.1) is 11.8 Å². The molecule has 0 aliphatic carbocycles. The minimum absolute atomic E-state index is 0.0187. The van der Waals surface area contributed by atoms with Crippen molar-refractivity contribution in [3.8, 4) is 0 Å². The third kappa shape index (κ3) is 2.76. The van der Waals surface area contributed by atoms with Crippen LogP contribution in [-0.4, -0.2) is 46.3 Å². The van der Waals surface area contributed by atoms with Gasteiger partial charge in [0.05, 0.1) is 0 Å². The zero-order valence-corrected chi connectivity index (χ0v) is 13.0. The number of piperazine rings is 1. The average molecular weight is 284 g/mol. The molecule has 19 heavy (non-hydrogen) atoms. The standard InChI is InChI=1S/C14H24N2O2S/c1-8(2)11-14(18)16(10-5-6-19-7-10)12(9(3)4)13(17)15-11/h8-12H,5-7H2,1-4H3,(H,15,17). The van der Waals surface area contributed by atoms with Crippen LogP contribution in [-0.2, 0) is 9.59 Å². The second-order valence-electron chi connectivity index (χ2n) is 6.18. The molecule has 2 amide bonds. The van der Waals surface area contributed by atoms with Crippen LogP contribution in [0.1, 0.15) is 34.1 Å². The van der Waals surface area contributed by atoms with Gasteiger partial charge in [-0.1, -0.05) is 27.7 Å². The van der Waals surface area contributed by atoms with Crippen LogP contribution in [0.25, 0.3) is 0 Å². The van der Waals surface area contributed by atoms with Crippen LogP contribution >= 0.6 is 11.8 Å². The first-order chi connectivity index (χ1) is 8.93. The Bertz CT molecular complexity index is 364. The smallest absolute Gasteiger partial charge is 0.246 e. The molecule has 3 unspecified atom stereocenters. The largest absolute Gasteiger partial charge is 0.342 e. The normalized spacial score (nSPS) is 32.3. The van der Waals surface area contributed by atoms with Gasteiger partial charge in [-0.3, -0.25) is 9.59 Å². The SMILES string of the molecule is CC(C)C1NC(=O)C(C(C)C)N(C2CCSC2)C1=O. The van der Waals surface area contributed by atoms with Crippen LogP contribution in [0.2, 0.25) is 0 Å². The van der Waals surface area contributed by atoms with E-state index in [0.717, 1.165) is 17.9 Å². The Kier molecular flexibility index (Phi) is 4.43. The first-order valence-electron chi connectivity index (χ1n) is 7.13. The number of thioether (sulfide) groups is 1. The fourth-order valence-corrected chi connectivity index (χ4v) is 4.15. The minimum atomic E-state index is -0.354. The van der Waals surface area contributed by atoms with Crippen molar-refractivity contribution in [2.75, 3.05) is 11.5 Å². The number of hydrogen-bond donors (Lipinski definition) is 1. The van der Waals surface area contributed by atoms with Gasteiger partial charge < -0.3 is 10.2 Å². The van der Waals surface area contributed by atoms with Gasteiger partial charge in [-0.2, -0.15) is 11.8 Å². The molecule has 0 aromatic carbocycles. The maximum absolute atomic E-state index is 12.7. The zero-order valence-electron chi connectivity index (χ0n) is 12.2. The molecule has 4 nitrogen and oxygen atoms in total. The van der Waals surface area contributed by atoms with Crippen molar-refractivity contribution < 1.29 is 9.59 Å². The van der Waals surface area contributed by atoms with Crippen molar-refractivity contribution >= 4 is 23.6 Å². The minimum Gasteiger partial charge on any atom is -0.342 e. The molecule has 5 heteroatoms. The molecule has 3 atom stereocenters. The van der Waals surface area contributed by atoms with Crippen molar-refractivity contribution in [3.05, 3.63) is 0 Å². The van der Waals surface area contributed by atoms with E-state index < -0.39 is 0 Å². The number of carbonyl (C=O) groups is 2. The Morgan fingerprint density at radius 2 is 1.89 bits per heavy atom. The number of nitrogens with zero attached hydrogens (tertiary/aromatic N) is 1. The predicted octanol–water partition coefficient (Wildman–Crippen LogP) is 1.50. The van der Waals surface area contributed by atoms with Crippen LogP contribution < -0.4 is 5.32 Å². The summed E-state index contributed by atoms with van der Waals surface area (Å²) in [7, 11) is 0. The third-order valence-electron chi connectivity index (χ3n) is 3.98. The van der Waals surface area contributed by atoms with Gasteiger partial charge in [0.2, 0.25) is 11.8 Å². The number of amides is 2. The summed E-state index contributed by atoms with van der Waals surface area (Å²) in [6, 6.07) is -0.420. The number of hydrogen-bond acceptors (Lipinski definition) is 3. The highest BCUT2D eigenvalue weighted by Gasteiger charge is 2.46. The van der Waals surface area contributed by atoms with Crippen LogP contribution in [0.3, 0.4) is 0 Å². The van der Waals surface area contributed by atoms with Gasteiger partial charge in [0.15, 0.2) is 0 Å². The molecular formula is C14H24N2O2S. The van der Waals surface area contributed by atoms with Crippen molar-refractivity contribution in [1.82, 2.24) is 10.2 Å². The first kappa shape index (κ1) is 14.7.